The summed E-state index contributed by atoms with van der Waals surface area (Å²) in [4.78, 5) is 16.6. The average molecular weight is 340 g/mol. The molecule has 130 valence electrons. The van der Waals surface area contributed by atoms with Gasteiger partial charge in [0.05, 0.1) is 6.04 Å². The molecule has 0 amide bonds. The molecule has 3 aromatic rings. The first kappa shape index (κ1) is 16.8. The van der Waals surface area contributed by atoms with Crippen molar-refractivity contribution in [2.45, 2.75) is 13.0 Å². The van der Waals surface area contributed by atoms with E-state index < -0.39 is 4.92 Å². The van der Waals surface area contributed by atoms with Crippen molar-refractivity contribution in [2.75, 3.05) is 26.0 Å². The molecule has 1 aromatic carbocycles. The predicted molar refractivity (Wildman–Crippen MR) is 95.7 cm³/mol. The van der Waals surface area contributed by atoms with Crippen LogP contribution in [0.15, 0.2) is 42.6 Å². The van der Waals surface area contributed by atoms with Gasteiger partial charge >= 0.3 is 5.82 Å². The lowest BCUT2D eigenvalue weighted by atomic mass is 10.0. The Labute approximate surface area is 145 Å². The molecule has 25 heavy (non-hydrogen) atoms. The summed E-state index contributed by atoms with van der Waals surface area (Å²) in [5, 5.41) is 18.6. The fourth-order valence-electron chi connectivity index (χ4n) is 2.67. The minimum atomic E-state index is -0.494. The number of fused-ring (bicyclic) bond motifs is 1. The molecular formula is C17H20N6O2. The minimum absolute atomic E-state index is 0.149. The first-order valence-corrected chi connectivity index (χ1v) is 7.92. The van der Waals surface area contributed by atoms with E-state index in [1.54, 1.807) is 12.1 Å². The number of aryl methyl sites for hydroxylation is 1. The summed E-state index contributed by atoms with van der Waals surface area (Å²) in [5.74, 6) is 0.411. The fourth-order valence-corrected chi connectivity index (χ4v) is 2.67. The highest BCUT2D eigenvalue weighted by atomic mass is 16.6. The number of nitrogens with one attached hydrogen (secondary N) is 1. The molecule has 1 atom stereocenters. The first-order chi connectivity index (χ1) is 12.0. The maximum absolute atomic E-state index is 11.0. The summed E-state index contributed by atoms with van der Waals surface area (Å²) in [6, 6.07) is 12.0. The van der Waals surface area contributed by atoms with E-state index in [-0.39, 0.29) is 11.9 Å². The van der Waals surface area contributed by atoms with E-state index in [9.17, 15) is 10.1 Å². The third kappa shape index (κ3) is 3.58. The molecule has 0 spiro atoms. The molecule has 0 aliphatic carbocycles. The topological polar surface area (TPSA) is 88.6 Å². The maximum Gasteiger partial charge on any atom is 0.368 e. The number of aromatic nitrogens is 3. The number of hydrogen-bond donors (Lipinski definition) is 1. The largest absolute Gasteiger partial charge is 0.368 e. The highest BCUT2D eigenvalue weighted by molar-refractivity contribution is 5.48. The van der Waals surface area contributed by atoms with Gasteiger partial charge in [-0.25, -0.2) is 4.98 Å². The molecule has 0 unspecified atom stereocenters. The van der Waals surface area contributed by atoms with Crippen LogP contribution in [0.4, 0.5) is 11.6 Å². The summed E-state index contributed by atoms with van der Waals surface area (Å²) in [5.41, 5.74) is 2.85. The Bertz CT molecular complexity index is 888. The Morgan fingerprint density at radius 2 is 1.96 bits per heavy atom. The lowest BCUT2D eigenvalue weighted by molar-refractivity contribution is -0.391. The molecule has 0 fully saturated rings. The number of likely N-dealkylation sites (N-methyl/N-ethyl adjacent to an activating group) is 1. The summed E-state index contributed by atoms with van der Waals surface area (Å²) in [7, 11) is 4.03. The van der Waals surface area contributed by atoms with Crippen molar-refractivity contribution in [3.8, 4) is 0 Å². The summed E-state index contributed by atoms with van der Waals surface area (Å²) < 4.78 is 1.23. The highest BCUT2D eigenvalue weighted by Crippen LogP contribution is 2.20. The van der Waals surface area contributed by atoms with Crippen LogP contribution < -0.4 is 5.32 Å². The number of nitro groups is 1. The van der Waals surface area contributed by atoms with Crippen molar-refractivity contribution in [3.05, 3.63) is 63.8 Å². The molecule has 3 rings (SSSR count). The number of rotatable bonds is 6. The van der Waals surface area contributed by atoms with E-state index in [0.717, 1.165) is 0 Å². The van der Waals surface area contributed by atoms with Crippen LogP contribution in [0.2, 0.25) is 0 Å². The zero-order valence-corrected chi connectivity index (χ0v) is 14.4. The van der Waals surface area contributed by atoms with Crippen LogP contribution in [0.3, 0.4) is 0 Å². The second kappa shape index (κ2) is 6.86. The van der Waals surface area contributed by atoms with Gasteiger partial charge in [-0.15, -0.1) is 0 Å². The molecule has 0 bridgehead atoms. The Morgan fingerprint density at radius 3 is 2.60 bits per heavy atom. The van der Waals surface area contributed by atoms with E-state index in [1.807, 2.05) is 14.1 Å². The SMILES string of the molecule is Cc1ccc([C@@H](CNc2ccc3ncc([N+](=O)[O-])n3n2)N(C)C)cc1. The molecule has 8 nitrogen and oxygen atoms in total. The third-order valence-electron chi connectivity index (χ3n) is 4.09. The van der Waals surface area contributed by atoms with Gasteiger partial charge in [0.15, 0.2) is 5.82 Å². The predicted octanol–water partition coefficient (Wildman–Crippen LogP) is 2.66. The molecule has 0 aliphatic rings. The molecule has 0 saturated carbocycles. The van der Waals surface area contributed by atoms with Gasteiger partial charge < -0.3 is 20.3 Å². The van der Waals surface area contributed by atoms with Crippen molar-refractivity contribution in [1.82, 2.24) is 19.5 Å². The molecule has 2 aromatic heterocycles. The van der Waals surface area contributed by atoms with Crippen molar-refractivity contribution in [2.24, 2.45) is 0 Å². The monoisotopic (exact) mass is 340 g/mol. The highest BCUT2D eigenvalue weighted by Gasteiger charge is 2.17. The van der Waals surface area contributed by atoms with Crippen LogP contribution in [0.1, 0.15) is 17.2 Å². The zero-order chi connectivity index (χ0) is 18.0. The smallest absolute Gasteiger partial charge is 0.365 e. The fraction of sp³-hybridized carbons (Fsp3) is 0.294. The van der Waals surface area contributed by atoms with Crippen LogP contribution >= 0.6 is 0 Å². The zero-order valence-electron chi connectivity index (χ0n) is 14.4. The van der Waals surface area contributed by atoms with Gasteiger partial charge in [0, 0.05) is 12.6 Å². The lowest BCUT2D eigenvalue weighted by Gasteiger charge is -2.25. The van der Waals surface area contributed by atoms with Crippen LogP contribution in [-0.2, 0) is 0 Å². The van der Waals surface area contributed by atoms with E-state index in [4.69, 9.17) is 0 Å². The van der Waals surface area contributed by atoms with Crippen LogP contribution in [-0.4, -0.2) is 45.1 Å². The Morgan fingerprint density at radius 1 is 1.24 bits per heavy atom. The van der Waals surface area contributed by atoms with Gasteiger partial charge in [-0.3, -0.25) is 0 Å². The van der Waals surface area contributed by atoms with Crippen molar-refractivity contribution >= 4 is 17.3 Å². The number of hydrogen-bond acceptors (Lipinski definition) is 6. The number of imidazole rings is 1. The van der Waals surface area contributed by atoms with Crippen molar-refractivity contribution < 1.29 is 4.92 Å². The third-order valence-corrected chi connectivity index (χ3v) is 4.09. The normalized spacial score (nSPS) is 12.5. The molecule has 2 heterocycles. The Hall–Kier alpha value is -3.00. The molecule has 8 heteroatoms. The quantitative estimate of drug-likeness (QED) is 0.548. The van der Waals surface area contributed by atoms with Gasteiger partial charge in [-0.2, -0.15) is 0 Å². The van der Waals surface area contributed by atoms with Gasteiger partial charge in [-0.1, -0.05) is 39.4 Å². The summed E-state index contributed by atoms with van der Waals surface area (Å²) >= 11 is 0. The van der Waals surface area contributed by atoms with Crippen molar-refractivity contribution in [3.63, 3.8) is 0 Å². The van der Waals surface area contributed by atoms with Gasteiger partial charge in [0.1, 0.15) is 6.20 Å². The van der Waals surface area contributed by atoms with E-state index in [2.05, 4.69) is 51.5 Å². The molecule has 0 aliphatic heterocycles. The number of benzene rings is 1. The maximum atomic E-state index is 11.0. The van der Waals surface area contributed by atoms with E-state index in [1.165, 1.54) is 21.8 Å². The number of anilines is 1. The average Bonchev–Trinajstić information content (AvgIpc) is 2.99. The Kier molecular flexibility index (Phi) is 4.62. The molecule has 0 saturated heterocycles. The molecule has 0 radical (unpaired) electrons. The number of nitrogens with zero attached hydrogens (tertiary/aromatic N) is 5. The minimum Gasteiger partial charge on any atom is -0.365 e. The second-order valence-corrected chi connectivity index (χ2v) is 6.13. The first-order valence-electron chi connectivity index (χ1n) is 7.92. The van der Waals surface area contributed by atoms with Crippen LogP contribution in [0, 0.1) is 17.0 Å². The van der Waals surface area contributed by atoms with Gasteiger partial charge in [-0.05, 0) is 37.6 Å². The molecular weight excluding hydrogens is 320 g/mol. The van der Waals surface area contributed by atoms with E-state index in [0.29, 0.717) is 18.0 Å². The lowest BCUT2D eigenvalue weighted by Crippen LogP contribution is -2.27. The van der Waals surface area contributed by atoms with E-state index >= 15 is 0 Å². The summed E-state index contributed by atoms with van der Waals surface area (Å²) in [6.07, 6.45) is 1.21. The van der Waals surface area contributed by atoms with Gasteiger partial charge in [0.25, 0.3) is 0 Å². The van der Waals surface area contributed by atoms with Crippen LogP contribution in [0.5, 0.6) is 0 Å². The van der Waals surface area contributed by atoms with Gasteiger partial charge in [0.2, 0.25) is 5.65 Å². The van der Waals surface area contributed by atoms with Crippen molar-refractivity contribution in [1.29, 1.82) is 0 Å². The van der Waals surface area contributed by atoms with Crippen LogP contribution in [0.25, 0.3) is 5.65 Å². The Balaban J connectivity index is 1.81. The second-order valence-electron chi connectivity index (χ2n) is 6.13. The molecule has 1 N–H and O–H groups in total. The standard InChI is InChI=1S/C17H20N6O2/c1-12-4-6-13(7-5-12)14(21(2)3)10-18-15-8-9-16-19-11-17(23(24)25)22(16)20-15/h4-9,11,14H,10H2,1-3H3,(H,18,20)/t14-/m1/s1. The summed E-state index contributed by atoms with van der Waals surface area (Å²) in [6.45, 7) is 2.68.